The molecule has 3 fully saturated rings. The average Bonchev–Trinajstić information content (AvgIpc) is 3.05. The fourth-order valence-corrected chi connectivity index (χ4v) is 4.74. The Labute approximate surface area is 130 Å². The summed E-state index contributed by atoms with van der Waals surface area (Å²) >= 11 is 0. The van der Waals surface area contributed by atoms with Gasteiger partial charge in [0.2, 0.25) is 0 Å². The number of rotatable bonds is 3. The highest BCUT2D eigenvalue weighted by atomic mass is 16.6. The van der Waals surface area contributed by atoms with Gasteiger partial charge in [-0.15, -0.1) is 0 Å². The summed E-state index contributed by atoms with van der Waals surface area (Å²) in [5.74, 6) is 0.169. The van der Waals surface area contributed by atoms with Crippen LogP contribution in [0.5, 0.6) is 0 Å². The lowest BCUT2D eigenvalue weighted by Gasteiger charge is -2.42. The number of aliphatic hydroxyl groups excluding tert-OH is 3. The minimum Gasteiger partial charge on any atom is -0.457 e. The molecule has 0 spiro atoms. The van der Waals surface area contributed by atoms with Gasteiger partial charge in [0.25, 0.3) is 0 Å². The molecule has 0 aromatic rings. The molecule has 3 aliphatic rings. The van der Waals surface area contributed by atoms with Crippen molar-refractivity contribution in [3.63, 3.8) is 0 Å². The van der Waals surface area contributed by atoms with E-state index in [0.29, 0.717) is 18.3 Å². The lowest BCUT2D eigenvalue weighted by molar-refractivity contribution is -0.209. The SMILES string of the molecule is CC[C@]1(OC(=O)C2(O)CC(O)C(O)C(O)C2)C[C@H]2CC[C@@H]1C2. The van der Waals surface area contributed by atoms with Gasteiger partial charge in [0.15, 0.2) is 5.60 Å². The molecule has 3 saturated carbocycles. The molecule has 126 valence electrons. The van der Waals surface area contributed by atoms with Crippen molar-refractivity contribution in [3.05, 3.63) is 0 Å². The van der Waals surface area contributed by atoms with Crippen molar-refractivity contribution in [2.45, 2.75) is 81.4 Å². The monoisotopic (exact) mass is 314 g/mol. The van der Waals surface area contributed by atoms with E-state index in [0.717, 1.165) is 19.3 Å². The van der Waals surface area contributed by atoms with Crippen molar-refractivity contribution in [1.82, 2.24) is 0 Å². The van der Waals surface area contributed by atoms with Crippen LogP contribution >= 0.6 is 0 Å². The van der Waals surface area contributed by atoms with E-state index in [4.69, 9.17) is 4.74 Å². The van der Waals surface area contributed by atoms with Crippen molar-refractivity contribution in [1.29, 1.82) is 0 Å². The Morgan fingerprint density at radius 3 is 2.23 bits per heavy atom. The van der Waals surface area contributed by atoms with Crippen LogP contribution in [0, 0.1) is 11.8 Å². The molecule has 2 bridgehead atoms. The van der Waals surface area contributed by atoms with Gasteiger partial charge in [-0.1, -0.05) is 6.92 Å². The molecule has 6 nitrogen and oxygen atoms in total. The molecule has 0 radical (unpaired) electrons. The molecular formula is C16H26O6. The summed E-state index contributed by atoms with van der Waals surface area (Å²) in [6, 6.07) is 0. The maximum absolute atomic E-state index is 12.5. The summed E-state index contributed by atoms with van der Waals surface area (Å²) < 4.78 is 5.76. The summed E-state index contributed by atoms with van der Waals surface area (Å²) in [6.07, 6.45) is 0.229. The second kappa shape index (κ2) is 5.44. The van der Waals surface area contributed by atoms with E-state index in [-0.39, 0.29) is 12.8 Å². The normalized spacial score (nSPS) is 51.0. The molecular weight excluding hydrogens is 288 g/mol. The van der Waals surface area contributed by atoms with Crippen molar-refractivity contribution in [2.24, 2.45) is 11.8 Å². The highest BCUT2D eigenvalue weighted by molar-refractivity contribution is 5.80. The Hall–Kier alpha value is -0.690. The van der Waals surface area contributed by atoms with Crippen molar-refractivity contribution < 1.29 is 30.0 Å². The minimum atomic E-state index is -1.93. The fourth-order valence-electron chi connectivity index (χ4n) is 4.74. The zero-order chi connectivity index (χ0) is 16.1. The topological polar surface area (TPSA) is 107 Å². The third-order valence-corrected chi connectivity index (χ3v) is 6.08. The molecule has 0 saturated heterocycles. The molecule has 0 aliphatic heterocycles. The second-order valence-corrected chi connectivity index (χ2v) is 7.45. The first-order valence-electron chi connectivity index (χ1n) is 8.29. The fraction of sp³-hybridized carbons (Fsp3) is 0.938. The summed E-state index contributed by atoms with van der Waals surface area (Å²) in [5, 5.41) is 39.6. The summed E-state index contributed by atoms with van der Waals surface area (Å²) in [5.41, 5.74) is -2.44. The average molecular weight is 314 g/mol. The van der Waals surface area contributed by atoms with Gasteiger partial charge in [0, 0.05) is 12.8 Å². The smallest absolute Gasteiger partial charge is 0.338 e. The van der Waals surface area contributed by atoms with E-state index in [2.05, 4.69) is 0 Å². The number of carbonyl (C=O) groups is 1. The van der Waals surface area contributed by atoms with Crippen molar-refractivity contribution in [2.75, 3.05) is 0 Å². The van der Waals surface area contributed by atoms with E-state index in [1.165, 1.54) is 6.42 Å². The predicted octanol–water partition coefficient (Wildman–Crippen LogP) is 0.106. The Morgan fingerprint density at radius 2 is 1.77 bits per heavy atom. The van der Waals surface area contributed by atoms with E-state index in [9.17, 15) is 25.2 Å². The lowest BCUT2D eigenvalue weighted by atomic mass is 9.78. The van der Waals surface area contributed by atoms with Gasteiger partial charge in [0.05, 0.1) is 12.2 Å². The number of esters is 1. The molecule has 0 amide bonds. The van der Waals surface area contributed by atoms with Crippen LogP contribution in [0.25, 0.3) is 0 Å². The number of hydrogen-bond donors (Lipinski definition) is 4. The van der Waals surface area contributed by atoms with Crippen molar-refractivity contribution >= 4 is 5.97 Å². The summed E-state index contributed by atoms with van der Waals surface area (Å²) in [7, 11) is 0. The molecule has 0 aromatic heterocycles. The lowest BCUT2D eigenvalue weighted by Crippen LogP contribution is -2.58. The van der Waals surface area contributed by atoms with E-state index >= 15 is 0 Å². The quantitative estimate of drug-likeness (QED) is 0.551. The zero-order valence-electron chi connectivity index (χ0n) is 12.9. The van der Waals surface area contributed by atoms with Crippen LogP contribution in [-0.4, -0.2) is 55.9 Å². The van der Waals surface area contributed by atoms with Crippen LogP contribution in [0.2, 0.25) is 0 Å². The first kappa shape index (κ1) is 16.2. The Kier molecular flexibility index (Phi) is 4.00. The van der Waals surface area contributed by atoms with Gasteiger partial charge in [-0.2, -0.15) is 0 Å². The minimum absolute atomic E-state index is 0.308. The number of ether oxygens (including phenoxy) is 1. The number of aliphatic hydroxyl groups is 4. The van der Waals surface area contributed by atoms with Crippen LogP contribution in [0.15, 0.2) is 0 Å². The van der Waals surface area contributed by atoms with Gasteiger partial charge in [-0.3, -0.25) is 0 Å². The second-order valence-electron chi connectivity index (χ2n) is 7.45. The summed E-state index contributed by atoms with van der Waals surface area (Å²) in [6.45, 7) is 1.99. The Balaban J connectivity index is 1.73. The Morgan fingerprint density at radius 1 is 1.14 bits per heavy atom. The van der Waals surface area contributed by atoms with Gasteiger partial charge in [-0.05, 0) is 43.9 Å². The zero-order valence-corrected chi connectivity index (χ0v) is 12.9. The van der Waals surface area contributed by atoms with Gasteiger partial charge >= 0.3 is 5.97 Å². The van der Waals surface area contributed by atoms with Crippen LogP contribution in [0.4, 0.5) is 0 Å². The third kappa shape index (κ3) is 2.46. The molecule has 0 aromatic carbocycles. The van der Waals surface area contributed by atoms with E-state index in [1.54, 1.807) is 0 Å². The van der Waals surface area contributed by atoms with Gasteiger partial charge in [-0.25, -0.2) is 4.79 Å². The predicted molar refractivity (Wildman–Crippen MR) is 76.8 cm³/mol. The van der Waals surface area contributed by atoms with Crippen molar-refractivity contribution in [3.8, 4) is 0 Å². The third-order valence-electron chi connectivity index (χ3n) is 6.08. The molecule has 4 N–H and O–H groups in total. The number of fused-ring (bicyclic) bond motifs is 2. The van der Waals surface area contributed by atoms with Crippen LogP contribution < -0.4 is 0 Å². The Bertz CT molecular complexity index is 440. The standard InChI is InChI=1S/C16H26O6/c1-2-16(6-9-3-4-10(16)5-9)22-14(20)15(21)7-11(17)13(19)12(18)8-15/h9-13,17-19,21H,2-8H2,1H3/t9-,10+,11?,12?,13?,15?,16-/m0/s1. The summed E-state index contributed by atoms with van der Waals surface area (Å²) in [4.78, 5) is 12.5. The first-order chi connectivity index (χ1) is 10.3. The number of hydrogen-bond acceptors (Lipinski definition) is 6. The number of carbonyl (C=O) groups excluding carboxylic acids is 1. The largest absolute Gasteiger partial charge is 0.457 e. The van der Waals surface area contributed by atoms with Gasteiger partial charge < -0.3 is 25.2 Å². The molecule has 3 aliphatic carbocycles. The van der Waals surface area contributed by atoms with Crippen LogP contribution in [0.1, 0.15) is 51.9 Å². The first-order valence-corrected chi connectivity index (χ1v) is 8.29. The molecule has 2 unspecified atom stereocenters. The van der Waals surface area contributed by atoms with Crippen LogP contribution in [0.3, 0.4) is 0 Å². The maximum atomic E-state index is 12.5. The van der Waals surface area contributed by atoms with E-state index in [1.807, 2.05) is 6.92 Å². The van der Waals surface area contributed by atoms with Gasteiger partial charge in [0.1, 0.15) is 11.7 Å². The molecule has 22 heavy (non-hydrogen) atoms. The molecule has 6 heteroatoms. The highest BCUT2D eigenvalue weighted by Crippen LogP contribution is 2.54. The molecule has 0 heterocycles. The highest BCUT2D eigenvalue weighted by Gasteiger charge is 2.56. The van der Waals surface area contributed by atoms with Crippen LogP contribution in [-0.2, 0) is 9.53 Å². The molecule has 5 atom stereocenters. The maximum Gasteiger partial charge on any atom is 0.338 e. The molecule has 3 rings (SSSR count). The van der Waals surface area contributed by atoms with E-state index < -0.39 is 35.5 Å².